The molecule has 1 heterocycles. The molecule has 1 saturated heterocycles. The second-order valence-corrected chi connectivity index (χ2v) is 7.56. The van der Waals surface area contributed by atoms with E-state index in [1.807, 2.05) is 45.0 Å². The third-order valence-corrected chi connectivity index (χ3v) is 4.26. The first-order valence-corrected chi connectivity index (χ1v) is 8.63. The average molecular weight is 318 g/mol. The van der Waals surface area contributed by atoms with Crippen LogP contribution in [0, 0.1) is 11.8 Å². The zero-order chi connectivity index (χ0) is 16.9. The highest BCUT2D eigenvalue weighted by molar-refractivity contribution is 5.90. The zero-order valence-electron chi connectivity index (χ0n) is 14.8. The summed E-state index contributed by atoms with van der Waals surface area (Å²) in [4.78, 5) is 12.2. The maximum atomic E-state index is 12.2. The van der Waals surface area contributed by atoms with E-state index in [1.165, 1.54) is 12.8 Å². The monoisotopic (exact) mass is 318 g/mol. The van der Waals surface area contributed by atoms with Crippen LogP contribution in [0.15, 0.2) is 24.3 Å². The molecule has 0 bridgehead atoms. The molecular formula is C19H30N2O2. The van der Waals surface area contributed by atoms with Gasteiger partial charge in [0.15, 0.2) is 0 Å². The summed E-state index contributed by atoms with van der Waals surface area (Å²) in [5, 5.41) is 6.36. The maximum Gasteiger partial charge on any atom is 0.224 e. The normalized spacial score (nSPS) is 17.6. The van der Waals surface area contributed by atoms with Crippen LogP contribution in [0.4, 0.5) is 5.69 Å². The van der Waals surface area contributed by atoms with Crippen LogP contribution in [0.5, 0.6) is 5.75 Å². The van der Waals surface area contributed by atoms with Gasteiger partial charge in [0, 0.05) is 12.1 Å². The van der Waals surface area contributed by atoms with Crippen LogP contribution in [0.3, 0.4) is 0 Å². The number of hydrogen-bond acceptors (Lipinski definition) is 3. The zero-order valence-corrected chi connectivity index (χ0v) is 14.8. The van der Waals surface area contributed by atoms with Gasteiger partial charge in [-0.2, -0.15) is 0 Å². The molecule has 0 spiro atoms. The number of carbonyl (C=O) groups excluding carboxylic acids is 1. The second-order valence-electron chi connectivity index (χ2n) is 7.56. The third-order valence-electron chi connectivity index (χ3n) is 4.26. The SMILES string of the molecule is CC(CC(=O)Nc1ccc(OC(C)(C)C)cc1)C1CCNCC1. The average Bonchev–Trinajstić information content (AvgIpc) is 2.48. The molecule has 1 fully saturated rings. The van der Waals surface area contributed by atoms with Gasteiger partial charge in [-0.1, -0.05) is 6.92 Å². The van der Waals surface area contributed by atoms with E-state index >= 15 is 0 Å². The number of hydrogen-bond donors (Lipinski definition) is 2. The van der Waals surface area contributed by atoms with Crippen molar-refractivity contribution in [1.29, 1.82) is 0 Å². The summed E-state index contributed by atoms with van der Waals surface area (Å²) in [5.74, 6) is 2.00. The Morgan fingerprint density at radius 2 is 1.87 bits per heavy atom. The molecule has 1 atom stereocenters. The van der Waals surface area contributed by atoms with Crippen LogP contribution < -0.4 is 15.4 Å². The van der Waals surface area contributed by atoms with Gasteiger partial charge in [0.2, 0.25) is 5.91 Å². The van der Waals surface area contributed by atoms with E-state index in [0.29, 0.717) is 18.3 Å². The Bertz CT molecular complexity index is 499. The lowest BCUT2D eigenvalue weighted by Gasteiger charge is -2.27. The van der Waals surface area contributed by atoms with Gasteiger partial charge in [0.25, 0.3) is 0 Å². The number of amides is 1. The fourth-order valence-corrected chi connectivity index (χ4v) is 3.04. The number of anilines is 1. The molecule has 1 aromatic rings. The second kappa shape index (κ2) is 7.82. The van der Waals surface area contributed by atoms with Gasteiger partial charge in [-0.3, -0.25) is 4.79 Å². The lowest BCUT2D eigenvalue weighted by Crippen LogP contribution is -2.32. The first-order valence-electron chi connectivity index (χ1n) is 8.63. The van der Waals surface area contributed by atoms with Crippen molar-refractivity contribution < 1.29 is 9.53 Å². The molecule has 128 valence electrons. The minimum Gasteiger partial charge on any atom is -0.488 e. The fraction of sp³-hybridized carbons (Fsp3) is 0.632. The minimum absolute atomic E-state index is 0.0977. The number of carbonyl (C=O) groups is 1. The van der Waals surface area contributed by atoms with Gasteiger partial charge in [-0.05, 0) is 82.8 Å². The fourth-order valence-electron chi connectivity index (χ4n) is 3.04. The van der Waals surface area contributed by atoms with Gasteiger partial charge in [0.05, 0.1) is 0 Å². The summed E-state index contributed by atoms with van der Waals surface area (Å²) in [7, 11) is 0. The van der Waals surface area contributed by atoms with Crippen LogP contribution in [0.25, 0.3) is 0 Å². The van der Waals surface area contributed by atoms with Crippen LogP contribution in [-0.2, 0) is 4.79 Å². The van der Waals surface area contributed by atoms with Crippen molar-refractivity contribution in [3.63, 3.8) is 0 Å². The molecule has 0 aromatic heterocycles. The van der Waals surface area contributed by atoms with Crippen LogP contribution in [-0.4, -0.2) is 24.6 Å². The smallest absolute Gasteiger partial charge is 0.224 e. The molecule has 0 aliphatic carbocycles. The summed E-state index contributed by atoms with van der Waals surface area (Å²) in [6, 6.07) is 7.59. The van der Waals surface area contributed by atoms with E-state index in [-0.39, 0.29) is 11.5 Å². The van der Waals surface area contributed by atoms with E-state index < -0.39 is 0 Å². The number of piperidine rings is 1. The van der Waals surface area contributed by atoms with Crippen molar-refractivity contribution >= 4 is 11.6 Å². The van der Waals surface area contributed by atoms with Gasteiger partial charge in [-0.15, -0.1) is 0 Å². The lowest BCUT2D eigenvalue weighted by atomic mass is 9.84. The lowest BCUT2D eigenvalue weighted by molar-refractivity contribution is -0.117. The number of ether oxygens (including phenoxy) is 1. The van der Waals surface area contributed by atoms with E-state index in [0.717, 1.165) is 24.5 Å². The van der Waals surface area contributed by atoms with Crippen molar-refractivity contribution in [2.24, 2.45) is 11.8 Å². The van der Waals surface area contributed by atoms with Crippen LogP contribution in [0.2, 0.25) is 0 Å². The van der Waals surface area contributed by atoms with Crippen LogP contribution in [0.1, 0.15) is 47.0 Å². The molecule has 2 N–H and O–H groups in total. The molecule has 1 aliphatic rings. The predicted molar refractivity (Wildman–Crippen MR) is 94.8 cm³/mol. The highest BCUT2D eigenvalue weighted by Crippen LogP contribution is 2.25. The van der Waals surface area contributed by atoms with Crippen LogP contribution >= 0.6 is 0 Å². The Labute approximate surface area is 140 Å². The van der Waals surface area contributed by atoms with Crippen molar-refractivity contribution in [2.75, 3.05) is 18.4 Å². The number of benzene rings is 1. The topological polar surface area (TPSA) is 50.4 Å². The standard InChI is InChI=1S/C19H30N2O2/c1-14(15-9-11-20-12-10-15)13-18(22)21-16-5-7-17(8-6-16)23-19(2,3)4/h5-8,14-15,20H,9-13H2,1-4H3,(H,21,22). The van der Waals surface area contributed by atoms with Crippen molar-refractivity contribution in [1.82, 2.24) is 5.32 Å². The first-order chi connectivity index (χ1) is 10.8. The van der Waals surface area contributed by atoms with E-state index in [2.05, 4.69) is 17.6 Å². The molecule has 2 rings (SSSR count). The quantitative estimate of drug-likeness (QED) is 0.867. The molecule has 0 saturated carbocycles. The Morgan fingerprint density at radius 1 is 1.26 bits per heavy atom. The van der Waals surface area contributed by atoms with E-state index in [4.69, 9.17) is 4.74 Å². The Kier molecular flexibility index (Phi) is 6.05. The largest absolute Gasteiger partial charge is 0.488 e. The molecule has 23 heavy (non-hydrogen) atoms. The van der Waals surface area contributed by atoms with Gasteiger partial charge < -0.3 is 15.4 Å². The number of nitrogens with one attached hydrogen (secondary N) is 2. The summed E-state index contributed by atoms with van der Waals surface area (Å²) < 4.78 is 5.79. The molecule has 1 unspecified atom stereocenters. The van der Waals surface area contributed by atoms with Gasteiger partial charge in [0.1, 0.15) is 11.4 Å². The van der Waals surface area contributed by atoms with Gasteiger partial charge >= 0.3 is 0 Å². The summed E-state index contributed by atoms with van der Waals surface area (Å²) >= 11 is 0. The molecule has 1 amide bonds. The predicted octanol–water partition coefficient (Wildman–Crippen LogP) is 3.83. The molecule has 4 nitrogen and oxygen atoms in total. The molecule has 1 aromatic carbocycles. The number of rotatable bonds is 5. The molecule has 4 heteroatoms. The van der Waals surface area contributed by atoms with Crippen molar-refractivity contribution in [3.05, 3.63) is 24.3 Å². The summed E-state index contributed by atoms with van der Waals surface area (Å²) in [6.45, 7) is 10.4. The molecular weight excluding hydrogens is 288 g/mol. The first kappa shape index (κ1) is 17.8. The maximum absolute atomic E-state index is 12.2. The van der Waals surface area contributed by atoms with Crippen molar-refractivity contribution in [2.45, 2.75) is 52.6 Å². The Morgan fingerprint density at radius 3 is 2.43 bits per heavy atom. The third kappa shape index (κ3) is 6.22. The molecule has 0 radical (unpaired) electrons. The Hall–Kier alpha value is -1.55. The van der Waals surface area contributed by atoms with Crippen molar-refractivity contribution in [3.8, 4) is 5.75 Å². The van der Waals surface area contributed by atoms with E-state index in [1.54, 1.807) is 0 Å². The highest BCUT2D eigenvalue weighted by Gasteiger charge is 2.22. The van der Waals surface area contributed by atoms with E-state index in [9.17, 15) is 4.79 Å². The Balaban J connectivity index is 1.82. The minimum atomic E-state index is -0.213. The molecule has 1 aliphatic heterocycles. The summed E-state index contributed by atoms with van der Waals surface area (Å²) in [6.07, 6.45) is 2.94. The van der Waals surface area contributed by atoms with Gasteiger partial charge in [-0.25, -0.2) is 0 Å². The highest BCUT2D eigenvalue weighted by atomic mass is 16.5. The summed E-state index contributed by atoms with van der Waals surface area (Å²) in [5.41, 5.74) is 0.614.